The van der Waals surface area contributed by atoms with Crippen molar-refractivity contribution in [2.45, 2.75) is 12.1 Å². The van der Waals surface area contributed by atoms with Crippen LogP contribution in [0, 0.1) is 0 Å². The van der Waals surface area contributed by atoms with Crippen LogP contribution < -0.4 is 0 Å². The summed E-state index contributed by atoms with van der Waals surface area (Å²) in [5.41, 5.74) is 2.59. The molecule has 28 heavy (non-hydrogen) atoms. The second-order valence-corrected chi connectivity index (χ2v) is 6.53. The number of aromatic nitrogens is 1. The number of carbonyl (C=O) groups excluding carboxylic acids is 1. The van der Waals surface area contributed by atoms with Gasteiger partial charge in [0, 0.05) is 16.5 Å². The Balaban J connectivity index is 2.05. The van der Waals surface area contributed by atoms with Gasteiger partial charge in [0.15, 0.2) is 0 Å². The number of carbonyl (C=O) groups is 1. The summed E-state index contributed by atoms with van der Waals surface area (Å²) in [5, 5.41) is 0.604. The normalized spacial score (nSPS) is 12.8. The largest absolute Gasteiger partial charge is 0.450 e. The number of halogens is 3. The van der Waals surface area contributed by atoms with Crippen molar-refractivity contribution in [3.63, 3.8) is 0 Å². The van der Waals surface area contributed by atoms with Crippen molar-refractivity contribution in [1.29, 1.82) is 0 Å². The van der Waals surface area contributed by atoms with E-state index in [0.29, 0.717) is 27.7 Å². The van der Waals surface area contributed by atoms with E-state index in [9.17, 15) is 18.0 Å². The molecule has 0 fully saturated rings. The molecule has 4 rings (SSSR count). The lowest BCUT2D eigenvalue weighted by Crippen LogP contribution is -2.30. The number of rotatable bonds is 4. The van der Waals surface area contributed by atoms with Crippen LogP contribution >= 0.6 is 0 Å². The molecule has 0 amide bonds. The predicted octanol–water partition coefficient (Wildman–Crippen LogP) is 6.10. The van der Waals surface area contributed by atoms with Crippen LogP contribution in [0.3, 0.4) is 0 Å². The molecule has 1 unspecified atom stereocenters. The van der Waals surface area contributed by atoms with Gasteiger partial charge in [0.1, 0.15) is 0 Å². The van der Waals surface area contributed by atoms with E-state index in [-0.39, 0.29) is 0 Å². The first kappa shape index (κ1) is 18.0. The fourth-order valence-corrected chi connectivity index (χ4v) is 3.55. The molecule has 5 heteroatoms. The molecule has 0 saturated heterocycles. The molecular formula is C23H16F3NO. The van der Waals surface area contributed by atoms with Crippen LogP contribution in [0.1, 0.15) is 17.0 Å². The van der Waals surface area contributed by atoms with Crippen LogP contribution in [0.25, 0.3) is 22.2 Å². The first-order chi connectivity index (χ1) is 13.5. The van der Waals surface area contributed by atoms with Crippen molar-refractivity contribution in [3.05, 3.63) is 96.1 Å². The molecule has 0 aliphatic carbocycles. The van der Waals surface area contributed by atoms with Crippen molar-refractivity contribution < 1.29 is 18.0 Å². The fourth-order valence-electron chi connectivity index (χ4n) is 3.55. The first-order valence-electron chi connectivity index (χ1n) is 8.79. The molecule has 0 spiro atoms. The lowest BCUT2D eigenvalue weighted by molar-refractivity contribution is -0.171. The third kappa shape index (κ3) is 3.20. The Morgan fingerprint density at radius 2 is 1.36 bits per heavy atom. The third-order valence-corrected chi connectivity index (χ3v) is 4.77. The van der Waals surface area contributed by atoms with E-state index in [4.69, 9.17) is 0 Å². The quantitative estimate of drug-likeness (QED) is 0.457. The maximum atomic E-state index is 13.6. The maximum absolute atomic E-state index is 13.6. The van der Waals surface area contributed by atoms with E-state index in [0.717, 1.165) is 5.56 Å². The average Bonchev–Trinajstić information content (AvgIpc) is 3.08. The minimum absolute atomic E-state index is 0.312. The van der Waals surface area contributed by atoms with E-state index >= 15 is 0 Å². The standard InChI is InChI=1S/C23H16F3NO/c24-23(25,26)22(28)19(15-9-3-1-4-10-15)20-17-13-7-8-14-18(17)27-21(20)16-11-5-2-6-12-16/h1-14,19,27H. The van der Waals surface area contributed by atoms with Crippen molar-refractivity contribution in [3.8, 4) is 11.3 Å². The SMILES string of the molecule is O=C(C(c1ccccc1)c1c(-c2ccccc2)[nH]c2ccccc12)C(F)(F)F. The number of para-hydroxylation sites is 1. The van der Waals surface area contributed by atoms with Crippen molar-refractivity contribution >= 4 is 16.7 Å². The van der Waals surface area contributed by atoms with E-state index < -0.39 is 17.9 Å². The molecule has 0 saturated carbocycles. The van der Waals surface area contributed by atoms with Gasteiger partial charge in [-0.3, -0.25) is 4.79 Å². The summed E-state index contributed by atoms with van der Waals surface area (Å²) in [5.74, 6) is -3.23. The number of nitrogens with one attached hydrogen (secondary N) is 1. The lowest BCUT2D eigenvalue weighted by atomic mass is 9.84. The van der Waals surface area contributed by atoms with Gasteiger partial charge in [0.05, 0.1) is 11.6 Å². The average molecular weight is 379 g/mol. The van der Waals surface area contributed by atoms with E-state index in [1.807, 2.05) is 30.3 Å². The van der Waals surface area contributed by atoms with E-state index in [1.54, 1.807) is 54.6 Å². The molecule has 1 atom stereocenters. The summed E-state index contributed by atoms with van der Waals surface area (Å²) >= 11 is 0. The van der Waals surface area contributed by atoms with Gasteiger partial charge in [-0.2, -0.15) is 13.2 Å². The first-order valence-corrected chi connectivity index (χ1v) is 8.79. The Morgan fingerprint density at radius 3 is 2.00 bits per heavy atom. The number of fused-ring (bicyclic) bond motifs is 1. The zero-order chi connectivity index (χ0) is 19.7. The smallest absolute Gasteiger partial charge is 0.354 e. The highest BCUT2D eigenvalue weighted by Crippen LogP contribution is 2.41. The number of aromatic amines is 1. The van der Waals surface area contributed by atoms with Gasteiger partial charge in [-0.1, -0.05) is 78.9 Å². The molecule has 0 aliphatic heterocycles. The van der Waals surface area contributed by atoms with Crippen LogP contribution in [0.5, 0.6) is 0 Å². The fraction of sp³-hybridized carbons (Fsp3) is 0.0870. The van der Waals surface area contributed by atoms with Gasteiger partial charge in [0.25, 0.3) is 0 Å². The van der Waals surface area contributed by atoms with Crippen molar-refractivity contribution in [2.75, 3.05) is 0 Å². The molecule has 1 N–H and O–H groups in total. The molecule has 3 aromatic carbocycles. The summed E-state index contributed by atoms with van der Waals surface area (Å²) in [4.78, 5) is 15.8. The molecular weight excluding hydrogens is 363 g/mol. The lowest BCUT2D eigenvalue weighted by Gasteiger charge is -2.20. The number of alkyl halides is 3. The van der Waals surface area contributed by atoms with Crippen molar-refractivity contribution in [2.24, 2.45) is 0 Å². The van der Waals surface area contributed by atoms with Crippen LogP contribution in [0.2, 0.25) is 0 Å². The maximum Gasteiger partial charge on any atom is 0.450 e. The highest BCUT2D eigenvalue weighted by atomic mass is 19.4. The summed E-state index contributed by atoms with van der Waals surface area (Å²) < 4.78 is 40.7. The topological polar surface area (TPSA) is 32.9 Å². The van der Waals surface area contributed by atoms with Gasteiger partial charge < -0.3 is 4.98 Å². The predicted molar refractivity (Wildman–Crippen MR) is 103 cm³/mol. The molecule has 140 valence electrons. The number of hydrogen-bond acceptors (Lipinski definition) is 1. The molecule has 1 heterocycles. The second kappa shape index (κ2) is 7.00. The van der Waals surface area contributed by atoms with Gasteiger partial charge in [-0.05, 0) is 17.2 Å². The number of ketones is 1. The molecule has 0 bridgehead atoms. The third-order valence-electron chi connectivity index (χ3n) is 4.77. The highest BCUT2D eigenvalue weighted by molar-refractivity contribution is 6.01. The zero-order valence-electron chi connectivity index (χ0n) is 14.7. The summed E-state index contributed by atoms with van der Waals surface area (Å²) in [6, 6.07) is 24.3. The van der Waals surface area contributed by atoms with Gasteiger partial charge in [0.2, 0.25) is 5.78 Å². The Kier molecular flexibility index (Phi) is 4.51. The monoisotopic (exact) mass is 379 g/mol. The minimum atomic E-state index is -4.95. The van der Waals surface area contributed by atoms with Crippen molar-refractivity contribution in [1.82, 2.24) is 4.98 Å². The van der Waals surface area contributed by atoms with Crippen LogP contribution in [0.15, 0.2) is 84.9 Å². The second-order valence-electron chi connectivity index (χ2n) is 6.53. The number of H-pyrrole nitrogens is 1. The zero-order valence-corrected chi connectivity index (χ0v) is 14.7. The summed E-state index contributed by atoms with van der Waals surface area (Å²) in [6.45, 7) is 0. The Morgan fingerprint density at radius 1 is 0.786 bits per heavy atom. The minimum Gasteiger partial charge on any atom is -0.354 e. The number of hydrogen-bond donors (Lipinski definition) is 1. The summed E-state index contributed by atoms with van der Waals surface area (Å²) in [7, 11) is 0. The van der Waals surface area contributed by atoms with Gasteiger partial charge in [-0.15, -0.1) is 0 Å². The highest BCUT2D eigenvalue weighted by Gasteiger charge is 2.46. The molecule has 1 aromatic heterocycles. The molecule has 0 aliphatic rings. The molecule has 4 aromatic rings. The van der Waals surface area contributed by atoms with E-state index in [2.05, 4.69) is 4.98 Å². The van der Waals surface area contributed by atoms with Crippen LogP contribution in [0.4, 0.5) is 13.2 Å². The molecule has 0 radical (unpaired) electrons. The Labute approximate surface area is 159 Å². The number of Topliss-reactive ketones (excluding diaryl/α,β-unsaturated/α-hetero) is 1. The summed E-state index contributed by atoms with van der Waals surface area (Å²) in [6.07, 6.45) is -4.95. The van der Waals surface area contributed by atoms with Gasteiger partial charge >= 0.3 is 6.18 Å². The van der Waals surface area contributed by atoms with Crippen LogP contribution in [-0.2, 0) is 4.79 Å². The Hall–Kier alpha value is -3.34. The molecule has 2 nitrogen and oxygen atoms in total. The Bertz CT molecular complexity index is 1120. The number of benzene rings is 3. The van der Waals surface area contributed by atoms with E-state index in [1.165, 1.54) is 0 Å². The van der Waals surface area contributed by atoms with Gasteiger partial charge in [-0.25, -0.2) is 0 Å². The van der Waals surface area contributed by atoms with Crippen LogP contribution in [-0.4, -0.2) is 16.9 Å².